The fourth-order valence-electron chi connectivity index (χ4n) is 2.21. The van der Waals surface area contributed by atoms with Gasteiger partial charge in [-0.05, 0) is 48.4 Å². The number of pyridine rings is 1. The van der Waals surface area contributed by atoms with Gasteiger partial charge in [0.15, 0.2) is 5.82 Å². The number of carbonyl (C=O) groups excluding carboxylic acids is 1. The van der Waals surface area contributed by atoms with Gasteiger partial charge in [-0.1, -0.05) is 23.7 Å². The van der Waals surface area contributed by atoms with Crippen molar-refractivity contribution in [2.24, 2.45) is 0 Å². The maximum Gasteiger partial charge on any atom is 0.258 e. The monoisotopic (exact) mass is 353 g/mol. The number of anilines is 2. The second kappa shape index (κ2) is 8.21. The second-order valence-electron chi connectivity index (χ2n) is 5.31. The first-order valence-corrected chi connectivity index (χ1v) is 8.12. The summed E-state index contributed by atoms with van der Waals surface area (Å²) in [6.07, 6.45) is 3.93. The maximum absolute atomic E-state index is 12.0. The standard InChI is InChI=1S/C18H16ClN5O/c19-15-5-1-3-13(11-15)8-10-21-16-6-7-17(24-23-16)22-18(25)14-4-2-9-20-12-14/h1-7,9,11-12H,8,10H2,(H,21,23)(H,22,24,25). The van der Waals surface area contributed by atoms with Crippen molar-refractivity contribution in [2.45, 2.75) is 6.42 Å². The van der Waals surface area contributed by atoms with Crippen LogP contribution in [-0.4, -0.2) is 27.6 Å². The second-order valence-corrected chi connectivity index (χ2v) is 5.74. The lowest BCUT2D eigenvalue weighted by molar-refractivity contribution is 0.102. The molecule has 2 N–H and O–H groups in total. The van der Waals surface area contributed by atoms with Crippen molar-refractivity contribution in [3.05, 3.63) is 77.1 Å². The van der Waals surface area contributed by atoms with E-state index in [2.05, 4.69) is 25.8 Å². The highest BCUT2D eigenvalue weighted by Crippen LogP contribution is 2.12. The molecule has 0 saturated heterocycles. The smallest absolute Gasteiger partial charge is 0.258 e. The fourth-order valence-corrected chi connectivity index (χ4v) is 2.42. The van der Waals surface area contributed by atoms with E-state index in [-0.39, 0.29) is 5.91 Å². The Bertz CT molecular complexity index is 840. The van der Waals surface area contributed by atoms with E-state index < -0.39 is 0 Å². The average molecular weight is 354 g/mol. The van der Waals surface area contributed by atoms with Crippen LogP contribution >= 0.6 is 11.6 Å². The van der Waals surface area contributed by atoms with E-state index in [0.29, 0.717) is 23.7 Å². The van der Waals surface area contributed by atoms with Crippen molar-refractivity contribution in [1.82, 2.24) is 15.2 Å². The molecule has 0 unspecified atom stereocenters. The number of amides is 1. The lowest BCUT2D eigenvalue weighted by Gasteiger charge is -2.07. The van der Waals surface area contributed by atoms with Crippen LogP contribution in [0.2, 0.25) is 5.02 Å². The van der Waals surface area contributed by atoms with Crippen LogP contribution in [0.3, 0.4) is 0 Å². The Morgan fingerprint density at radius 1 is 1.04 bits per heavy atom. The van der Waals surface area contributed by atoms with Crippen molar-refractivity contribution in [1.29, 1.82) is 0 Å². The number of nitrogens with one attached hydrogen (secondary N) is 2. The van der Waals surface area contributed by atoms with Crippen LogP contribution in [0.15, 0.2) is 60.9 Å². The molecule has 0 atom stereocenters. The van der Waals surface area contributed by atoms with Crippen LogP contribution < -0.4 is 10.6 Å². The van der Waals surface area contributed by atoms with Gasteiger partial charge < -0.3 is 10.6 Å². The number of rotatable bonds is 6. The summed E-state index contributed by atoms with van der Waals surface area (Å²) >= 11 is 5.96. The van der Waals surface area contributed by atoms with Crippen molar-refractivity contribution in [2.75, 3.05) is 17.2 Å². The molecule has 2 aromatic heterocycles. The number of benzene rings is 1. The highest BCUT2D eigenvalue weighted by atomic mass is 35.5. The van der Waals surface area contributed by atoms with E-state index in [4.69, 9.17) is 11.6 Å². The Kier molecular flexibility index (Phi) is 5.53. The minimum Gasteiger partial charge on any atom is -0.368 e. The zero-order valence-electron chi connectivity index (χ0n) is 13.3. The normalized spacial score (nSPS) is 10.3. The summed E-state index contributed by atoms with van der Waals surface area (Å²) in [5.74, 6) is 0.750. The summed E-state index contributed by atoms with van der Waals surface area (Å²) in [5.41, 5.74) is 1.61. The molecular weight excluding hydrogens is 338 g/mol. The first-order valence-electron chi connectivity index (χ1n) is 7.74. The van der Waals surface area contributed by atoms with Gasteiger partial charge in [-0.25, -0.2) is 0 Å². The van der Waals surface area contributed by atoms with E-state index in [1.54, 1.807) is 30.5 Å². The fraction of sp³-hybridized carbons (Fsp3) is 0.111. The molecule has 0 aliphatic heterocycles. The first-order chi connectivity index (χ1) is 12.2. The molecule has 0 aliphatic carbocycles. The van der Waals surface area contributed by atoms with Crippen LogP contribution in [0.1, 0.15) is 15.9 Å². The number of aromatic nitrogens is 3. The minimum absolute atomic E-state index is 0.274. The van der Waals surface area contributed by atoms with Crippen molar-refractivity contribution in [3.8, 4) is 0 Å². The Morgan fingerprint density at radius 3 is 2.60 bits per heavy atom. The molecule has 7 heteroatoms. The quantitative estimate of drug-likeness (QED) is 0.709. The van der Waals surface area contributed by atoms with Crippen LogP contribution in [0, 0.1) is 0 Å². The Labute approximate surface area is 150 Å². The van der Waals surface area contributed by atoms with Gasteiger partial charge >= 0.3 is 0 Å². The van der Waals surface area contributed by atoms with E-state index >= 15 is 0 Å². The van der Waals surface area contributed by atoms with Gasteiger partial charge in [0.05, 0.1) is 5.56 Å². The van der Waals surface area contributed by atoms with Gasteiger partial charge in [0.1, 0.15) is 5.82 Å². The zero-order chi connectivity index (χ0) is 17.5. The van der Waals surface area contributed by atoms with E-state index in [1.165, 1.54) is 6.20 Å². The number of halogens is 1. The molecule has 0 saturated carbocycles. The summed E-state index contributed by atoms with van der Waals surface area (Å²) in [4.78, 5) is 15.9. The summed E-state index contributed by atoms with van der Waals surface area (Å²) in [5, 5.41) is 14.6. The molecule has 0 fully saturated rings. The number of hydrogen-bond donors (Lipinski definition) is 2. The molecule has 1 amide bonds. The molecule has 3 rings (SSSR count). The van der Waals surface area contributed by atoms with Crippen LogP contribution in [0.5, 0.6) is 0 Å². The van der Waals surface area contributed by atoms with Crippen LogP contribution in [-0.2, 0) is 6.42 Å². The largest absolute Gasteiger partial charge is 0.368 e. The molecule has 3 aromatic rings. The lowest BCUT2D eigenvalue weighted by atomic mass is 10.1. The summed E-state index contributed by atoms with van der Waals surface area (Å²) in [6, 6.07) is 14.6. The minimum atomic E-state index is -0.274. The highest BCUT2D eigenvalue weighted by Gasteiger charge is 2.07. The topological polar surface area (TPSA) is 79.8 Å². The van der Waals surface area contributed by atoms with E-state index in [9.17, 15) is 4.79 Å². The first kappa shape index (κ1) is 16.9. The SMILES string of the molecule is O=C(Nc1ccc(NCCc2cccc(Cl)c2)nn1)c1cccnc1. The molecule has 0 aliphatic rings. The Hall–Kier alpha value is -2.99. The molecule has 2 heterocycles. The summed E-state index contributed by atoms with van der Waals surface area (Å²) < 4.78 is 0. The predicted octanol–water partition coefficient (Wildman–Crippen LogP) is 3.43. The van der Waals surface area contributed by atoms with Crippen molar-refractivity contribution >= 4 is 29.1 Å². The Balaban J connectivity index is 1.51. The van der Waals surface area contributed by atoms with Crippen molar-refractivity contribution in [3.63, 3.8) is 0 Å². The third kappa shape index (κ3) is 4.99. The van der Waals surface area contributed by atoms with E-state index in [1.807, 2.05) is 24.3 Å². The lowest BCUT2D eigenvalue weighted by Crippen LogP contribution is -2.14. The number of carbonyl (C=O) groups is 1. The van der Waals surface area contributed by atoms with Crippen LogP contribution in [0.4, 0.5) is 11.6 Å². The molecule has 1 aromatic carbocycles. The molecule has 0 radical (unpaired) electrons. The predicted molar refractivity (Wildman–Crippen MR) is 97.9 cm³/mol. The van der Waals surface area contributed by atoms with Gasteiger partial charge in [0.2, 0.25) is 0 Å². The Morgan fingerprint density at radius 2 is 1.88 bits per heavy atom. The van der Waals surface area contributed by atoms with Gasteiger partial charge in [-0.15, -0.1) is 10.2 Å². The number of nitrogens with zero attached hydrogens (tertiary/aromatic N) is 3. The third-order valence-electron chi connectivity index (χ3n) is 3.44. The molecule has 126 valence electrons. The average Bonchev–Trinajstić information content (AvgIpc) is 2.64. The molecule has 0 spiro atoms. The van der Waals surface area contributed by atoms with Gasteiger partial charge in [0.25, 0.3) is 5.91 Å². The van der Waals surface area contributed by atoms with Gasteiger partial charge in [-0.3, -0.25) is 9.78 Å². The summed E-state index contributed by atoms with van der Waals surface area (Å²) in [7, 11) is 0. The van der Waals surface area contributed by atoms with Crippen molar-refractivity contribution < 1.29 is 4.79 Å². The van der Waals surface area contributed by atoms with Gasteiger partial charge in [0, 0.05) is 24.0 Å². The maximum atomic E-state index is 12.0. The summed E-state index contributed by atoms with van der Waals surface area (Å²) in [6.45, 7) is 0.705. The molecular formula is C18H16ClN5O. The molecule has 0 bridgehead atoms. The van der Waals surface area contributed by atoms with Crippen LogP contribution in [0.25, 0.3) is 0 Å². The molecule has 25 heavy (non-hydrogen) atoms. The molecule has 6 nitrogen and oxygen atoms in total. The zero-order valence-corrected chi connectivity index (χ0v) is 14.1. The number of hydrogen-bond acceptors (Lipinski definition) is 5. The third-order valence-corrected chi connectivity index (χ3v) is 3.67. The van der Waals surface area contributed by atoms with E-state index in [0.717, 1.165) is 17.0 Å². The van der Waals surface area contributed by atoms with Gasteiger partial charge in [-0.2, -0.15) is 0 Å². The highest BCUT2D eigenvalue weighted by molar-refractivity contribution is 6.30.